The van der Waals surface area contributed by atoms with Gasteiger partial charge in [-0.3, -0.25) is 4.57 Å². The lowest BCUT2D eigenvalue weighted by molar-refractivity contribution is -0.0468. The van der Waals surface area contributed by atoms with Crippen molar-refractivity contribution in [2.45, 2.75) is 141 Å². The maximum Gasteiger partial charge on any atom is 0.192 e. The van der Waals surface area contributed by atoms with E-state index in [1.54, 1.807) is 12.5 Å². The number of nitrogens with two attached hydrogens (primary N) is 1. The fourth-order valence-electron chi connectivity index (χ4n) is 4.10. The fraction of sp³-hybridized carbons (Fsp3) is 0.793. The first-order valence-corrected chi connectivity index (χ1v) is 23.8. The third-order valence-electron chi connectivity index (χ3n) is 10.0. The normalized spacial score (nSPS) is 23.5. The van der Waals surface area contributed by atoms with Crippen molar-refractivity contribution in [3.05, 3.63) is 17.5 Å². The lowest BCUT2D eigenvalue weighted by Crippen LogP contribution is -2.54. The molecule has 41 heavy (non-hydrogen) atoms. The van der Waals surface area contributed by atoms with Crippen molar-refractivity contribution in [1.29, 1.82) is 0 Å². The van der Waals surface area contributed by atoms with Gasteiger partial charge in [-0.25, -0.2) is 9.97 Å². The molecule has 3 rings (SSSR count). The molecule has 0 bridgehead atoms. The number of imidazole rings is 1. The topological polar surface area (TPSA) is 93.7 Å². The number of anilines is 1. The smallest absolute Gasteiger partial charge is 0.192 e. The van der Waals surface area contributed by atoms with Gasteiger partial charge in [-0.15, -0.1) is 0 Å². The van der Waals surface area contributed by atoms with Crippen molar-refractivity contribution >= 4 is 53.4 Å². The van der Waals surface area contributed by atoms with Crippen LogP contribution < -0.4 is 5.73 Å². The van der Waals surface area contributed by atoms with Gasteiger partial charge in [-0.2, -0.15) is 0 Å². The van der Waals surface area contributed by atoms with Gasteiger partial charge in [-0.1, -0.05) is 73.9 Å². The summed E-state index contributed by atoms with van der Waals surface area (Å²) in [4.78, 5) is 8.81. The largest absolute Gasteiger partial charge is 0.414 e. The number of ether oxygens (including phenoxy) is 1. The highest BCUT2D eigenvalue weighted by molar-refractivity contribution is 6.75. The number of rotatable bonds is 8. The lowest BCUT2D eigenvalue weighted by Gasteiger charge is -2.44. The average molecular weight is 643 g/mol. The summed E-state index contributed by atoms with van der Waals surface area (Å²) < 4.78 is 30.2. The molecule has 1 aliphatic heterocycles. The second-order valence-corrected chi connectivity index (χ2v) is 30.9. The van der Waals surface area contributed by atoms with Crippen LogP contribution in [0, 0.1) is 0 Å². The quantitative estimate of drug-likeness (QED) is 0.289. The van der Waals surface area contributed by atoms with Crippen molar-refractivity contribution in [2.75, 3.05) is 12.3 Å². The van der Waals surface area contributed by atoms with Gasteiger partial charge in [0.05, 0.1) is 29.7 Å². The third-order valence-corrected chi connectivity index (χ3v) is 23.8. The number of hydrogen-bond donors (Lipinski definition) is 1. The van der Waals surface area contributed by atoms with Crippen LogP contribution in [-0.2, 0) is 18.0 Å². The summed E-state index contributed by atoms with van der Waals surface area (Å²) in [5, 5.41) is 0.515. The second kappa shape index (κ2) is 11.3. The van der Waals surface area contributed by atoms with Crippen LogP contribution in [0.15, 0.2) is 12.5 Å². The molecule has 4 atom stereocenters. The number of pyridine rings is 1. The predicted octanol–water partition coefficient (Wildman–Crippen LogP) is 8.37. The van der Waals surface area contributed by atoms with Gasteiger partial charge in [-0.05, 0) is 54.4 Å². The van der Waals surface area contributed by atoms with Crippen molar-refractivity contribution in [3.63, 3.8) is 0 Å². The summed E-state index contributed by atoms with van der Waals surface area (Å²) in [6.45, 7) is 34.4. The molecule has 234 valence electrons. The summed E-state index contributed by atoms with van der Waals surface area (Å²) in [6.07, 6.45) is 1.69. The zero-order chi connectivity index (χ0) is 31.6. The van der Waals surface area contributed by atoms with Crippen LogP contribution in [0.5, 0.6) is 0 Å². The summed E-state index contributed by atoms with van der Waals surface area (Å²) in [5.74, 6) is 0.329. The van der Waals surface area contributed by atoms with Crippen LogP contribution in [0.4, 0.5) is 5.82 Å². The van der Waals surface area contributed by atoms with Gasteiger partial charge in [0.25, 0.3) is 0 Å². The monoisotopic (exact) mass is 642 g/mol. The molecule has 2 N–H and O–H groups in total. The summed E-state index contributed by atoms with van der Waals surface area (Å²) >= 11 is 6.71. The maximum atomic E-state index is 7.25. The molecule has 3 heterocycles. The number of nitrogen functional groups attached to an aromatic ring is 1. The highest BCUT2D eigenvalue weighted by atomic mass is 35.5. The maximum absolute atomic E-state index is 7.25. The first-order chi connectivity index (χ1) is 18.3. The zero-order valence-electron chi connectivity index (χ0n) is 28.1. The summed E-state index contributed by atoms with van der Waals surface area (Å²) in [5.41, 5.74) is 7.44. The van der Waals surface area contributed by atoms with Crippen LogP contribution >= 0.6 is 11.6 Å². The van der Waals surface area contributed by atoms with Crippen LogP contribution in [0.25, 0.3) is 11.0 Å². The number of nitrogens with zero attached hydrogens (tertiary/aromatic N) is 3. The zero-order valence-corrected chi connectivity index (χ0v) is 31.9. The Bertz CT molecular complexity index is 1230. The van der Waals surface area contributed by atoms with E-state index in [0.29, 0.717) is 28.5 Å². The molecule has 0 aliphatic carbocycles. The Labute approximate surface area is 256 Å². The Morgan fingerprint density at radius 2 is 1.32 bits per heavy atom. The minimum atomic E-state index is -2.28. The van der Waals surface area contributed by atoms with Crippen molar-refractivity contribution in [2.24, 2.45) is 0 Å². The van der Waals surface area contributed by atoms with Crippen LogP contribution in [0.3, 0.4) is 0 Å². The lowest BCUT2D eigenvalue weighted by atomic mass is 10.1. The van der Waals surface area contributed by atoms with Gasteiger partial charge in [0, 0.05) is 0 Å². The van der Waals surface area contributed by atoms with Crippen LogP contribution in [0.2, 0.25) is 59.4 Å². The second-order valence-electron chi connectivity index (χ2n) is 16.2. The Morgan fingerprint density at radius 1 is 0.829 bits per heavy atom. The molecule has 1 aliphatic rings. The van der Waals surface area contributed by atoms with Gasteiger partial charge < -0.3 is 23.7 Å². The first-order valence-electron chi connectivity index (χ1n) is 14.7. The van der Waals surface area contributed by atoms with E-state index in [9.17, 15) is 0 Å². The van der Waals surface area contributed by atoms with E-state index in [0.717, 1.165) is 0 Å². The molecule has 1 fully saturated rings. The highest BCUT2D eigenvalue weighted by Crippen LogP contribution is 2.47. The average Bonchev–Trinajstić information content (AvgIpc) is 3.35. The summed E-state index contributed by atoms with van der Waals surface area (Å²) in [7, 11) is -6.59. The predicted molar refractivity (Wildman–Crippen MR) is 178 cm³/mol. The number of hydrogen-bond acceptors (Lipinski definition) is 7. The number of aromatic nitrogens is 3. The van der Waals surface area contributed by atoms with Crippen molar-refractivity contribution in [1.82, 2.24) is 14.5 Å². The standard InChI is InChI=1S/C29H55ClN4O4Si3/c1-27(2,3)39(10,11)35-17-20-23(37-40(12,13)28(4,5)6)24(38-41(14,15)29(7,8)9)26(36-20)34-18-33-21-22(34)19(30)16-32-25(21)31/h16,18,20,23-24,26H,17H2,1-15H3,(H2,31,32)/t20-,23-,24-,26-/m1/s1. The van der Waals surface area contributed by atoms with Crippen LogP contribution in [-0.4, -0.2) is 64.4 Å². The van der Waals surface area contributed by atoms with Gasteiger partial charge in [0.15, 0.2) is 37.0 Å². The minimum absolute atomic E-state index is 0.00256. The van der Waals surface area contributed by atoms with Crippen molar-refractivity contribution < 1.29 is 18.0 Å². The molecule has 0 aromatic carbocycles. The SMILES string of the molecule is CC(C)(C)[Si](C)(C)OC[C@H]1O[C@@H](n2cnc3c(N)ncc(Cl)c32)[C@H](O[Si](C)(C)C(C)(C)C)[C@@H]1O[Si](C)(C)C(C)(C)C. The van der Waals surface area contributed by atoms with Gasteiger partial charge in [0.2, 0.25) is 0 Å². The molecular weight excluding hydrogens is 588 g/mol. The van der Waals surface area contributed by atoms with E-state index in [1.807, 2.05) is 4.57 Å². The number of halogens is 1. The van der Waals surface area contributed by atoms with E-state index >= 15 is 0 Å². The molecule has 0 spiro atoms. The molecule has 2 aromatic rings. The molecule has 0 saturated carbocycles. The third kappa shape index (κ3) is 6.97. The molecule has 12 heteroatoms. The Morgan fingerprint density at radius 3 is 1.80 bits per heavy atom. The van der Waals surface area contributed by atoms with Crippen molar-refractivity contribution in [3.8, 4) is 0 Å². The van der Waals surface area contributed by atoms with E-state index in [-0.39, 0.29) is 27.3 Å². The highest BCUT2D eigenvalue weighted by Gasteiger charge is 2.55. The van der Waals surface area contributed by atoms with E-state index in [1.165, 1.54) is 0 Å². The molecule has 0 amide bonds. The van der Waals surface area contributed by atoms with Crippen LogP contribution in [0.1, 0.15) is 68.5 Å². The minimum Gasteiger partial charge on any atom is -0.414 e. The molecule has 0 unspecified atom stereocenters. The Kier molecular flexibility index (Phi) is 9.55. The van der Waals surface area contributed by atoms with Gasteiger partial charge in [0.1, 0.15) is 23.8 Å². The summed E-state index contributed by atoms with van der Waals surface area (Å²) in [6, 6.07) is 0. The molecular formula is C29H55ClN4O4Si3. The number of fused-ring (bicyclic) bond motifs is 1. The van der Waals surface area contributed by atoms with E-state index in [2.05, 4.69) is 112 Å². The fourth-order valence-corrected chi connectivity index (χ4v) is 7.96. The molecule has 0 radical (unpaired) electrons. The first kappa shape index (κ1) is 34.7. The molecule has 2 aromatic heterocycles. The molecule has 1 saturated heterocycles. The van der Waals surface area contributed by atoms with E-state index in [4.69, 9.17) is 35.3 Å². The molecule has 8 nitrogen and oxygen atoms in total. The Balaban J connectivity index is 2.19. The van der Waals surface area contributed by atoms with E-state index < -0.39 is 37.3 Å². The Hall–Kier alpha value is -0.799. The van der Waals surface area contributed by atoms with Gasteiger partial charge >= 0.3 is 0 Å².